The predicted octanol–water partition coefficient (Wildman–Crippen LogP) is 4.70. The van der Waals surface area contributed by atoms with E-state index in [9.17, 15) is 19.8 Å². The first-order chi connectivity index (χ1) is 14.9. The number of fused-ring (bicyclic) bond motifs is 1. The Morgan fingerprint density at radius 1 is 1.06 bits per heavy atom. The number of aromatic hydroxyl groups is 2. The second kappa shape index (κ2) is 8.57. The standard InChI is InChI=1S/C25H30N2O5/c1-15(2)18-12-19(22(29)13-21(18)28)24(31)27(14-23(30)32-25(3,4)5)17-7-8-20-16(11-17)9-10-26(20)6/h7-13,15,28-29H,14H2,1-6H3. The van der Waals surface area contributed by atoms with Crippen LogP contribution in [0.5, 0.6) is 11.5 Å². The second-order valence-electron chi connectivity index (χ2n) is 9.23. The van der Waals surface area contributed by atoms with Crippen molar-refractivity contribution in [2.75, 3.05) is 11.4 Å². The summed E-state index contributed by atoms with van der Waals surface area (Å²) < 4.78 is 7.40. The maximum Gasteiger partial charge on any atom is 0.326 e. The van der Waals surface area contributed by atoms with E-state index in [2.05, 4.69) is 0 Å². The Morgan fingerprint density at radius 2 is 1.75 bits per heavy atom. The highest BCUT2D eigenvalue weighted by molar-refractivity contribution is 6.10. The van der Waals surface area contributed by atoms with Gasteiger partial charge in [-0.25, -0.2) is 0 Å². The third-order valence-electron chi connectivity index (χ3n) is 5.13. The third-order valence-corrected chi connectivity index (χ3v) is 5.13. The van der Waals surface area contributed by atoms with Gasteiger partial charge >= 0.3 is 5.97 Å². The number of phenolic OH excluding ortho intramolecular Hbond substituents is 2. The largest absolute Gasteiger partial charge is 0.508 e. The van der Waals surface area contributed by atoms with Crippen LogP contribution in [0.1, 0.15) is 56.5 Å². The molecule has 0 aliphatic carbocycles. The number of esters is 1. The number of phenols is 2. The lowest BCUT2D eigenvalue weighted by atomic mass is 9.98. The number of aryl methyl sites for hydroxylation is 1. The van der Waals surface area contributed by atoms with Gasteiger partial charge in [0.25, 0.3) is 5.91 Å². The van der Waals surface area contributed by atoms with Crippen LogP contribution in [0, 0.1) is 0 Å². The van der Waals surface area contributed by atoms with E-state index in [0.717, 1.165) is 17.0 Å². The molecule has 1 heterocycles. The van der Waals surface area contributed by atoms with Crippen LogP contribution in [0.3, 0.4) is 0 Å². The minimum atomic E-state index is -0.708. The van der Waals surface area contributed by atoms with Gasteiger partial charge in [0.15, 0.2) is 0 Å². The van der Waals surface area contributed by atoms with Crippen molar-refractivity contribution < 1.29 is 24.5 Å². The average molecular weight is 439 g/mol. The number of nitrogens with zero attached hydrogens (tertiary/aromatic N) is 2. The number of rotatable bonds is 5. The normalized spacial score (nSPS) is 11.7. The van der Waals surface area contributed by atoms with E-state index in [4.69, 9.17) is 4.74 Å². The molecule has 0 aliphatic rings. The molecule has 2 aromatic carbocycles. The highest BCUT2D eigenvalue weighted by Crippen LogP contribution is 2.34. The molecule has 2 N–H and O–H groups in total. The fraction of sp³-hybridized carbons (Fsp3) is 0.360. The van der Waals surface area contributed by atoms with Gasteiger partial charge in [-0.3, -0.25) is 14.5 Å². The first-order valence-electron chi connectivity index (χ1n) is 10.5. The van der Waals surface area contributed by atoms with Gasteiger partial charge in [-0.2, -0.15) is 0 Å². The van der Waals surface area contributed by atoms with Gasteiger partial charge in [-0.05, 0) is 62.6 Å². The number of hydrogen-bond acceptors (Lipinski definition) is 5. The molecule has 0 aliphatic heterocycles. The van der Waals surface area contributed by atoms with Crippen LogP contribution < -0.4 is 4.90 Å². The molecular weight excluding hydrogens is 408 g/mol. The minimum absolute atomic E-state index is 0.00298. The third kappa shape index (κ3) is 4.88. The van der Waals surface area contributed by atoms with Crippen LogP contribution in [0.4, 0.5) is 5.69 Å². The van der Waals surface area contributed by atoms with Gasteiger partial charge < -0.3 is 19.5 Å². The quantitative estimate of drug-likeness (QED) is 0.563. The monoisotopic (exact) mass is 438 g/mol. The Morgan fingerprint density at radius 3 is 2.38 bits per heavy atom. The zero-order valence-electron chi connectivity index (χ0n) is 19.3. The maximum absolute atomic E-state index is 13.6. The molecule has 1 aromatic heterocycles. The van der Waals surface area contributed by atoms with Crippen molar-refractivity contribution >= 4 is 28.5 Å². The summed E-state index contributed by atoms with van der Waals surface area (Å²) in [5, 5.41) is 21.5. The fourth-order valence-electron chi connectivity index (χ4n) is 3.59. The lowest BCUT2D eigenvalue weighted by Gasteiger charge is -2.26. The molecule has 0 unspecified atom stereocenters. The molecule has 0 saturated carbocycles. The number of anilines is 1. The van der Waals surface area contributed by atoms with E-state index < -0.39 is 17.5 Å². The van der Waals surface area contributed by atoms with Gasteiger partial charge in [-0.1, -0.05) is 13.8 Å². The number of carbonyl (C=O) groups excluding carboxylic acids is 2. The molecule has 32 heavy (non-hydrogen) atoms. The Hall–Kier alpha value is -3.48. The van der Waals surface area contributed by atoms with Gasteiger partial charge in [0.1, 0.15) is 23.6 Å². The fourth-order valence-corrected chi connectivity index (χ4v) is 3.59. The summed E-state index contributed by atoms with van der Waals surface area (Å²) in [4.78, 5) is 27.5. The molecular formula is C25H30N2O5. The van der Waals surface area contributed by atoms with E-state index in [-0.39, 0.29) is 29.5 Å². The molecule has 7 heteroatoms. The van der Waals surface area contributed by atoms with Crippen LogP contribution in [-0.2, 0) is 16.6 Å². The Bertz CT molecular complexity index is 1170. The number of aromatic nitrogens is 1. The first kappa shape index (κ1) is 23.2. The number of carbonyl (C=O) groups is 2. The lowest BCUT2D eigenvalue weighted by Crippen LogP contribution is -2.39. The van der Waals surface area contributed by atoms with Crippen molar-refractivity contribution in [3.8, 4) is 11.5 Å². The minimum Gasteiger partial charge on any atom is -0.508 e. The van der Waals surface area contributed by atoms with Crippen molar-refractivity contribution in [3.63, 3.8) is 0 Å². The highest BCUT2D eigenvalue weighted by atomic mass is 16.6. The highest BCUT2D eigenvalue weighted by Gasteiger charge is 2.27. The average Bonchev–Trinajstić information content (AvgIpc) is 3.04. The van der Waals surface area contributed by atoms with E-state index >= 15 is 0 Å². The maximum atomic E-state index is 13.6. The molecule has 0 fully saturated rings. The van der Waals surface area contributed by atoms with Gasteiger partial charge in [0, 0.05) is 35.9 Å². The molecule has 0 atom stereocenters. The number of amides is 1. The summed E-state index contributed by atoms with van der Waals surface area (Å²) in [5.74, 6) is -1.64. The molecule has 1 amide bonds. The first-order valence-corrected chi connectivity index (χ1v) is 10.5. The number of ether oxygens (including phenoxy) is 1. The van der Waals surface area contributed by atoms with E-state index in [1.165, 1.54) is 11.0 Å². The van der Waals surface area contributed by atoms with Crippen molar-refractivity contribution in [1.82, 2.24) is 4.57 Å². The topological polar surface area (TPSA) is 92.0 Å². The van der Waals surface area contributed by atoms with Crippen LogP contribution in [0.2, 0.25) is 0 Å². The van der Waals surface area contributed by atoms with Crippen molar-refractivity contribution in [3.05, 3.63) is 53.7 Å². The van der Waals surface area contributed by atoms with Crippen molar-refractivity contribution in [1.29, 1.82) is 0 Å². The Kier molecular flexibility index (Phi) is 6.21. The van der Waals surface area contributed by atoms with Crippen LogP contribution >= 0.6 is 0 Å². The SMILES string of the molecule is CC(C)c1cc(C(=O)N(CC(=O)OC(C)(C)C)c2ccc3c(ccn3C)c2)c(O)cc1O. The molecule has 7 nitrogen and oxygen atoms in total. The molecule has 0 spiro atoms. The summed E-state index contributed by atoms with van der Waals surface area (Å²) in [6, 6.07) is 10.00. The predicted molar refractivity (Wildman–Crippen MR) is 124 cm³/mol. The van der Waals surface area contributed by atoms with Crippen LogP contribution in [-0.4, -0.2) is 38.8 Å². The Labute approximate surface area is 187 Å². The van der Waals surface area contributed by atoms with Gasteiger partial charge in [0.05, 0.1) is 5.56 Å². The zero-order chi connectivity index (χ0) is 23.8. The smallest absolute Gasteiger partial charge is 0.326 e. The molecule has 170 valence electrons. The number of hydrogen-bond donors (Lipinski definition) is 2. The summed E-state index contributed by atoms with van der Waals surface area (Å²) in [6.07, 6.45) is 1.91. The van der Waals surface area contributed by atoms with E-state index in [0.29, 0.717) is 11.3 Å². The Balaban J connectivity index is 2.08. The zero-order valence-corrected chi connectivity index (χ0v) is 19.3. The summed E-state index contributed by atoms with van der Waals surface area (Å²) >= 11 is 0. The van der Waals surface area contributed by atoms with Crippen LogP contribution in [0.15, 0.2) is 42.6 Å². The summed E-state index contributed by atoms with van der Waals surface area (Å²) in [7, 11) is 1.92. The molecule has 3 rings (SSSR count). The molecule has 0 radical (unpaired) electrons. The second-order valence-corrected chi connectivity index (χ2v) is 9.23. The van der Waals surface area contributed by atoms with Crippen LogP contribution in [0.25, 0.3) is 10.9 Å². The summed E-state index contributed by atoms with van der Waals surface area (Å²) in [6.45, 7) is 8.70. The van der Waals surface area contributed by atoms with Gasteiger partial charge in [0.2, 0.25) is 0 Å². The lowest BCUT2D eigenvalue weighted by molar-refractivity contribution is -0.152. The number of benzene rings is 2. The van der Waals surface area contributed by atoms with E-state index in [1.54, 1.807) is 26.8 Å². The van der Waals surface area contributed by atoms with Gasteiger partial charge in [-0.15, -0.1) is 0 Å². The summed E-state index contributed by atoms with van der Waals surface area (Å²) in [5.41, 5.74) is 1.30. The van der Waals surface area contributed by atoms with Crippen molar-refractivity contribution in [2.45, 2.75) is 46.1 Å². The van der Waals surface area contributed by atoms with Crippen molar-refractivity contribution in [2.24, 2.45) is 7.05 Å². The molecule has 0 saturated heterocycles. The molecule has 3 aromatic rings. The molecule has 0 bridgehead atoms. The van der Waals surface area contributed by atoms with E-state index in [1.807, 2.05) is 49.9 Å².